The summed E-state index contributed by atoms with van der Waals surface area (Å²) in [5.41, 5.74) is 0.394. The van der Waals surface area contributed by atoms with Crippen molar-refractivity contribution in [3.05, 3.63) is 28.2 Å². The molecule has 0 aliphatic heterocycles. The molecule has 0 unspecified atom stereocenters. The number of amides is 2. The summed E-state index contributed by atoms with van der Waals surface area (Å²) in [5, 5.41) is 6.04. The minimum Gasteiger partial charge on any atom is -0.354 e. The molecule has 0 fully saturated rings. The molecule has 0 aromatic heterocycles. The van der Waals surface area contributed by atoms with E-state index < -0.39 is 5.91 Å². The van der Waals surface area contributed by atoms with Crippen LogP contribution >= 0.6 is 23.2 Å². The largest absolute Gasteiger partial charge is 0.354 e. The fourth-order valence-electron chi connectivity index (χ4n) is 1.41. The lowest BCUT2D eigenvalue weighted by molar-refractivity contribution is -0.126. The Hall–Kier alpha value is -1.30. The summed E-state index contributed by atoms with van der Waals surface area (Å²) in [7, 11) is 3.81. The van der Waals surface area contributed by atoms with Crippen LogP contribution in [-0.2, 0) is 9.59 Å². The minimum absolute atomic E-state index is 0.254. The highest BCUT2D eigenvalue weighted by atomic mass is 35.5. The lowest BCUT2D eigenvalue weighted by atomic mass is 10.3. The maximum absolute atomic E-state index is 11.7. The van der Waals surface area contributed by atoms with E-state index in [4.69, 9.17) is 23.2 Å². The number of rotatable bonds is 6. The zero-order chi connectivity index (χ0) is 15.1. The van der Waals surface area contributed by atoms with Gasteiger partial charge >= 0.3 is 0 Å². The molecule has 7 heteroatoms. The summed E-state index contributed by atoms with van der Waals surface area (Å²) in [5.74, 6) is -0.765. The van der Waals surface area contributed by atoms with Crippen LogP contribution < -0.4 is 10.6 Å². The lowest BCUT2D eigenvalue weighted by Crippen LogP contribution is -2.33. The van der Waals surface area contributed by atoms with E-state index in [9.17, 15) is 9.59 Å². The second-order valence-corrected chi connectivity index (χ2v) is 5.35. The Kier molecular flexibility index (Phi) is 6.78. The average Bonchev–Trinajstić information content (AvgIpc) is 2.33. The standard InChI is InChI=1S/C13H17Cl2N3O2/c1-18(2)6-5-16-12(19)8-13(20)17-11-7-9(14)3-4-10(11)15/h3-4,7H,5-6,8H2,1-2H3,(H,16,19)(H,17,20). The van der Waals surface area contributed by atoms with Gasteiger partial charge in [-0.25, -0.2) is 0 Å². The van der Waals surface area contributed by atoms with Gasteiger partial charge in [-0.3, -0.25) is 9.59 Å². The third kappa shape index (κ3) is 6.23. The minimum atomic E-state index is -0.434. The van der Waals surface area contributed by atoms with E-state index in [0.717, 1.165) is 0 Å². The van der Waals surface area contributed by atoms with Crippen molar-refractivity contribution in [1.82, 2.24) is 10.2 Å². The molecule has 0 saturated heterocycles. The second-order valence-electron chi connectivity index (χ2n) is 4.50. The van der Waals surface area contributed by atoms with Crippen LogP contribution in [0.15, 0.2) is 18.2 Å². The number of benzene rings is 1. The van der Waals surface area contributed by atoms with Crippen molar-refractivity contribution in [2.45, 2.75) is 6.42 Å². The van der Waals surface area contributed by atoms with Gasteiger partial charge in [-0.1, -0.05) is 23.2 Å². The van der Waals surface area contributed by atoms with Crippen LogP contribution in [0.1, 0.15) is 6.42 Å². The summed E-state index contributed by atoms with van der Waals surface area (Å²) >= 11 is 11.7. The van der Waals surface area contributed by atoms with Gasteiger partial charge in [0.2, 0.25) is 11.8 Å². The van der Waals surface area contributed by atoms with Crippen molar-refractivity contribution in [3.63, 3.8) is 0 Å². The molecule has 1 aromatic carbocycles. The third-order valence-electron chi connectivity index (χ3n) is 2.40. The second kappa shape index (κ2) is 8.09. The van der Waals surface area contributed by atoms with Gasteiger partial charge in [0.15, 0.2) is 0 Å². The Morgan fingerprint density at radius 2 is 1.90 bits per heavy atom. The van der Waals surface area contributed by atoms with Crippen molar-refractivity contribution in [2.75, 3.05) is 32.5 Å². The number of hydrogen-bond acceptors (Lipinski definition) is 3. The Balaban J connectivity index is 2.43. The van der Waals surface area contributed by atoms with Crippen molar-refractivity contribution in [3.8, 4) is 0 Å². The SMILES string of the molecule is CN(C)CCNC(=O)CC(=O)Nc1cc(Cl)ccc1Cl. The molecule has 0 saturated carbocycles. The number of anilines is 1. The highest BCUT2D eigenvalue weighted by Crippen LogP contribution is 2.25. The number of likely N-dealkylation sites (N-methyl/N-ethyl adjacent to an activating group) is 1. The molecule has 5 nitrogen and oxygen atoms in total. The van der Waals surface area contributed by atoms with Gasteiger partial charge in [-0.15, -0.1) is 0 Å². The molecule has 0 radical (unpaired) electrons. The monoisotopic (exact) mass is 317 g/mol. The van der Waals surface area contributed by atoms with Crippen LogP contribution in [0.5, 0.6) is 0 Å². The third-order valence-corrected chi connectivity index (χ3v) is 2.97. The van der Waals surface area contributed by atoms with Crippen LogP contribution in [0.4, 0.5) is 5.69 Å². The number of halogens is 2. The van der Waals surface area contributed by atoms with Crippen molar-refractivity contribution in [2.24, 2.45) is 0 Å². The maximum atomic E-state index is 11.7. The van der Waals surface area contributed by atoms with Crippen LogP contribution in [0.2, 0.25) is 10.0 Å². The van der Waals surface area contributed by atoms with Gasteiger partial charge in [0.05, 0.1) is 10.7 Å². The number of carbonyl (C=O) groups excluding carboxylic acids is 2. The van der Waals surface area contributed by atoms with E-state index in [2.05, 4.69) is 10.6 Å². The molecule has 0 aliphatic carbocycles. The van der Waals surface area contributed by atoms with Gasteiger partial charge in [0, 0.05) is 18.1 Å². The van der Waals surface area contributed by atoms with Gasteiger partial charge in [-0.2, -0.15) is 0 Å². The van der Waals surface area contributed by atoms with Gasteiger partial charge in [-0.05, 0) is 32.3 Å². The number of nitrogens with zero attached hydrogens (tertiary/aromatic N) is 1. The van der Waals surface area contributed by atoms with Crippen molar-refractivity contribution >= 4 is 40.7 Å². The van der Waals surface area contributed by atoms with E-state index in [1.54, 1.807) is 12.1 Å². The summed E-state index contributed by atoms with van der Waals surface area (Å²) in [6.07, 6.45) is -0.254. The predicted molar refractivity (Wildman–Crippen MR) is 81.3 cm³/mol. The lowest BCUT2D eigenvalue weighted by Gasteiger charge is -2.11. The normalized spacial score (nSPS) is 10.4. The molecule has 0 spiro atoms. The summed E-state index contributed by atoms with van der Waals surface area (Å²) in [6, 6.07) is 4.73. The van der Waals surface area contributed by atoms with E-state index in [-0.39, 0.29) is 12.3 Å². The average molecular weight is 318 g/mol. The summed E-state index contributed by atoms with van der Waals surface area (Å²) in [6.45, 7) is 1.21. The first kappa shape index (κ1) is 16.8. The van der Waals surface area contributed by atoms with E-state index in [0.29, 0.717) is 28.8 Å². The van der Waals surface area contributed by atoms with Crippen LogP contribution in [0, 0.1) is 0 Å². The first-order valence-corrected chi connectivity index (χ1v) is 6.80. The Bertz CT molecular complexity index is 493. The number of carbonyl (C=O) groups is 2. The Morgan fingerprint density at radius 3 is 2.55 bits per heavy atom. The molecule has 110 valence electrons. The number of hydrogen-bond donors (Lipinski definition) is 2. The van der Waals surface area contributed by atoms with Crippen molar-refractivity contribution in [1.29, 1.82) is 0 Å². The molecule has 1 aromatic rings. The Morgan fingerprint density at radius 1 is 1.20 bits per heavy atom. The first-order valence-electron chi connectivity index (χ1n) is 6.05. The van der Waals surface area contributed by atoms with Crippen LogP contribution in [0.3, 0.4) is 0 Å². The van der Waals surface area contributed by atoms with E-state index in [1.807, 2.05) is 19.0 Å². The molecule has 0 bridgehead atoms. The zero-order valence-electron chi connectivity index (χ0n) is 11.4. The molecular formula is C13H17Cl2N3O2. The van der Waals surface area contributed by atoms with Crippen LogP contribution in [0.25, 0.3) is 0 Å². The fourth-order valence-corrected chi connectivity index (χ4v) is 1.75. The molecule has 2 N–H and O–H groups in total. The first-order chi connectivity index (χ1) is 9.38. The maximum Gasteiger partial charge on any atom is 0.233 e. The Labute approximate surface area is 128 Å². The number of nitrogens with one attached hydrogen (secondary N) is 2. The fraction of sp³-hybridized carbons (Fsp3) is 0.385. The zero-order valence-corrected chi connectivity index (χ0v) is 12.9. The van der Waals surface area contributed by atoms with E-state index in [1.165, 1.54) is 6.07 Å². The highest BCUT2D eigenvalue weighted by Gasteiger charge is 2.11. The molecule has 1 rings (SSSR count). The van der Waals surface area contributed by atoms with E-state index >= 15 is 0 Å². The van der Waals surface area contributed by atoms with Gasteiger partial charge < -0.3 is 15.5 Å². The quantitative estimate of drug-likeness (QED) is 0.789. The highest BCUT2D eigenvalue weighted by molar-refractivity contribution is 6.35. The molecular weight excluding hydrogens is 301 g/mol. The molecule has 2 amide bonds. The van der Waals surface area contributed by atoms with Crippen molar-refractivity contribution < 1.29 is 9.59 Å². The topological polar surface area (TPSA) is 61.4 Å². The molecule has 0 atom stereocenters. The van der Waals surface area contributed by atoms with Gasteiger partial charge in [0.1, 0.15) is 6.42 Å². The molecule has 20 heavy (non-hydrogen) atoms. The molecule has 0 aliphatic rings. The molecule has 0 heterocycles. The van der Waals surface area contributed by atoms with Gasteiger partial charge in [0.25, 0.3) is 0 Å². The predicted octanol–water partition coefficient (Wildman–Crippen LogP) is 2.00. The smallest absolute Gasteiger partial charge is 0.233 e. The summed E-state index contributed by atoms with van der Waals surface area (Å²) in [4.78, 5) is 25.2. The summed E-state index contributed by atoms with van der Waals surface area (Å²) < 4.78 is 0. The van der Waals surface area contributed by atoms with Crippen LogP contribution in [-0.4, -0.2) is 43.9 Å².